The second-order valence-electron chi connectivity index (χ2n) is 5.35. The third-order valence-corrected chi connectivity index (χ3v) is 5.70. The third kappa shape index (κ3) is 5.07. The molecule has 25 heavy (non-hydrogen) atoms. The number of anilines is 1. The number of nitrogens with one attached hydrogen (secondary N) is 1. The number of pyridine rings is 1. The van der Waals surface area contributed by atoms with Gasteiger partial charge in [-0.3, -0.25) is 9.78 Å². The zero-order valence-electron chi connectivity index (χ0n) is 13.9. The number of carbonyl (C=O) groups excluding carboxylic acids is 1. The number of carbonyl (C=O) groups is 1. The van der Waals surface area contributed by atoms with E-state index in [1.807, 2.05) is 0 Å². The maximum absolute atomic E-state index is 13.3. The van der Waals surface area contributed by atoms with Gasteiger partial charge in [-0.2, -0.15) is 4.40 Å². The normalized spacial score (nSPS) is 14.9. The highest BCUT2D eigenvalue weighted by atomic mass is 32.2. The molecule has 0 aliphatic carbocycles. The van der Waals surface area contributed by atoms with Gasteiger partial charge in [0.05, 0.1) is 33.9 Å². The van der Waals surface area contributed by atoms with E-state index in [1.54, 1.807) is 13.8 Å². The van der Waals surface area contributed by atoms with Crippen LogP contribution in [0.3, 0.4) is 0 Å². The van der Waals surface area contributed by atoms with Crippen molar-refractivity contribution in [1.29, 1.82) is 0 Å². The highest BCUT2D eigenvalue weighted by Gasteiger charge is 2.17. The highest BCUT2D eigenvalue weighted by Crippen LogP contribution is 2.31. The molecule has 0 radical (unpaired) electrons. The summed E-state index contributed by atoms with van der Waals surface area (Å²) in [7, 11) is -2.67. The lowest BCUT2D eigenvalue weighted by atomic mass is 10.2. The van der Waals surface area contributed by atoms with Gasteiger partial charge in [-0.05, 0) is 19.9 Å². The van der Waals surface area contributed by atoms with Gasteiger partial charge in [0.2, 0.25) is 5.91 Å². The maximum atomic E-state index is 13.3. The Balaban J connectivity index is 2.21. The van der Waals surface area contributed by atoms with Crippen LogP contribution < -0.4 is 11.1 Å². The summed E-state index contributed by atoms with van der Waals surface area (Å²) in [6.07, 6.45) is 4.96. The Morgan fingerprint density at radius 2 is 2.24 bits per heavy atom. The van der Waals surface area contributed by atoms with Crippen molar-refractivity contribution in [2.45, 2.75) is 13.8 Å². The molecule has 0 aromatic carbocycles. The first-order valence-electron chi connectivity index (χ1n) is 7.20. The molecule has 2 aromatic heterocycles. The van der Waals surface area contributed by atoms with Crippen molar-refractivity contribution in [3.05, 3.63) is 30.0 Å². The molecule has 2 unspecified atom stereocenters. The minimum atomic E-state index is -2.67. The third-order valence-electron chi connectivity index (χ3n) is 3.13. The second-order valence-corrected chi connectivity index (χ2v) is 8.56. The van der Waals surface area contributed by atoms with Crippen LogP contribution in [-0.2, 0) is 14.5 Å². The maximum Gasteiger partial charge on any atom is 0.232 e. The molecule has 1 amide bonds. The fraction of sp³-hybridized carbons (Fsp3) is 0.267. The number of aromatic nitrogens is 2. The fourth-order valence-corrected chi connectivity index (χ4v) is 4.13. The van der Waals surface area contributed by atoms with Crippen molar-refractivity contribution >= 4 is 43.7 Å². The summed E-state index contributed by atoms with van der Waals surface area (Å²) >= 11 is 1.21. The molecule has 3 N–H and O–H groups in total. The number of hydrogen-bond donors (Lipinski definition) is 2. The molecule has 0 aliphatic heterocycles. The summed E-state index contributed by atoms with van der Waals surface area (Å²) in [5.41, 5.74) is 6.28. The summed E-state index contributed by atoms with van der Waals surface area (Å²) in [6, 6.07) is 1.32. The second kappa shape index (κ2) is 7.70. The monoisotopic (exact) mass is 383 g/mol. The Hall–Kier alpha value is -2.33. The molecule has 0 fully saturated rings. The van der Waals surface area contributed by atoms with Gasteiger partial charge in [0.25, 0.3) is 0 Å². The molecule has 2 heterocycles. The Labute approximate surface area is 149 Å². The Bertz CT molecular complexity index is 932. The molecule has 0 saturated heterocycles. The lowest BCUT2D eigenvalue weighted by Gasteiger charge is -2.08. The van der Waals surface area contributed by atoms with E-state index in [-0.39, 0.29) is 5.91 Å². The molecular weight excluding hydrogens is 365 g/mol. The van der Waals surface area contributed by atoms with Crippen LogP contribution in [0, 0.1) is 18.7 Å². The highest BCUT2D eigenvalue weighted by molar-refractivity contribution is 7.99. The van der Waals surface area contributed by atoms with Crippen LogP contribution in [-0.4, -0.2) is 38.0 Å². The fourth-order valence-electron chi connectivity index (χ4n) is 1.99. The summed E-state index contributed by atoms with van der Waals surface area (Å²) in [5.74, 6) is -1.46. The molecule has 0 saturated carbocycles. The van der Waals surface area contributed by atoms with Gasteiger partial charge >= 0.3 is 0 Å². The molecule has 7 nitrogen and oxygen atoms in total. The molecule has 2 rings (SSSR count). The number of amides is 1. The van der Waals surface area contributed by atoms with Gasteiger partial charge in [-0.1, -0.05) is 11.3 Å². The summed E-state index contributed by atoms with van der Waals surface area (Å²) in [6.45, 7) is 3.34. The van der Waals surface area contributed by atoms with Gasteiger partial charge in [-0.25, -0.2) is 13.6 Å². The van der Waals surface area contributed by atoms with Crippen molar-refractivity contribution in [3.8, 4) is 10.6 Å². The topological polar surface area (TPSA) is 110 Å². The first kappa shape index (κ1) is 19.0. The van der Waals surface area contributed by atoms with Gasteiger partial charge in [0, 0.05) is 23.4 Å². The predicted molar refractivity (Wildman–Crippen MR) is 101 cm³/mol. The molecular formula is C15H18FN5O2S2. The lowest BCUT2D eigenvalue weighted by molar-refractivity contribution is -0.117. The van der Waals surface area contributed by atoms with E-state index in [1.165, 1.54) is 35.2 Å². The van der Waals surface area contributed by atoms with Crippen molar-refractivity contribution in [1.82, 2.24) is 9.97 Å². The average Bonchev–Trinajstić information content (AvgIpc) is 2.87. The number of nitrogens with two attached hydrogens (primary N) is 1. The van der Waals surface area contributed by atoms with Gasteiger partial charge in [0.1, 0.15) is 15.8 Å². The average molecular weight is 383 g/mol. The molecule has 0 aliphatic rings. The van der Waals surface area contributed by atoms with E-state index in [4.69, 9.17) is 5.73 Å². The zero-order chi connectivity index (χ0) is 18.6. The number of halogens is 1. The van der Waals surface area contributed by atoms with E-state index in [0.29, 0.717) is 21.3 Å². The van der Waals surface area contributed by atoms with Gasteiger partial charge in [0.15, 0.2) is 0 Å². The first-order chi connectivity index (χ1) is 11.7. The standard InChI is InChI=1S/C15H18FN5O2S2/c1-9(7-25(3,23)19-8-17)13(22)21-14-10(2)20-15(24-14)11-4-12(16)6-18-5-11/h4-9H,1-3H3,(H,21,22)(H2,17,19,23). The van der Waals surface area contributed by atoms with Crippen LogP contribution in [0.1, 0.15) is 12.6 Å². The predicted octanol–water partition coefficient (Wildman–Crippen LogP) is 1.85. The molecule has 2 atom stereocenters. The SMILES string of the molecule is Cc1nc(-c2cncc(F)c2)sc1NC(=O)C(C)C=S(C)(=O)N=CN. The Kier molecular flexibility index (Phi) is 5.85. The van der Waals surface area contributed by atoms with Crippen molar-refractivity contribution in [2.75, 3.05) is 11.6 Å². The first-order valence-corrected chi connectivity index (χ1v) is 10.0. The Morgan fingerprint density at radius 3 is 2.88 bits per heavy atom. The lowest BCUT2D eigenvalue weighted by Crippen LogP contribution is -2.23. The van der Waals surface area contributed by atoms with E-state index in [2.05, 4.69) is 19.7 Å². The number of nitrogens with zero attached hydrogens (tertiary/aromatic N) is 3. The molecule has 0 bridgehead atoms. The van der Waals surface area contributed by atoms with E-state index < -0.39 is 21.4 Å². The van der Waals surface area contributed by atoms with Crippen LogP contribution in [0.4, 0.5) is 9.39 Å². The van der Waals surface area contributed by atoms with Crippen LogP contribution in [0.2, 0.25) is 0 Å². The van der Waals surface area contributed by atoms with Crippen LogP contribution in [0.15, 0.2) is 22.9 Å². The van der Waals surface area contributed by atoms with E-state index >= 15 is 0 Å². The Morgan fingerprint density at radius 1 is 1.52 bits per heavy atom. The van der Waals surface area contributed by atoms with E-state index in [0.717, 1.165) is 12.5 Å². The smallest absolute Gasteiger partial charge is 0.232 e. The number of thiazole rings is 1. The number of aryl methyl sites for hydroxylation is 1. The zero-order valence-corrected chi connectivity index (χ0v) is 15.5. The van der Waals surface area contributed by atoms with Crippen molar-refractivity contribution < 1.29 is 13.4 Å². The minimum Gasteiger partial charge on any atom is -0.389 e. The van der Waals surface area contributed by atoms with Gasteiger partial charge < -0.3 is 11.1 Å². The summed E-state index contributed by atoms with van der Waals surface area (Å²) in [5, 5.41) is 5.17. The quantitative estimate of drug-likeness (QED) is 0.465. The van der Waals surface area contributed by atoms with Crippen molar-refractivity contribution in [3.63, 3.8) is 0 Å². The molecule has 134 valence electrons. The van der Waals surface area contributed by atoms with Crippen molar-refractivity contribution in [2.24, 2.45) is 16.0 Å². The minimum absolute atomic E-state index is 0.350. The molecule has 10 heteroatoms. The van der Waals surface area contributed by atoms with Crippen LogP contribution >= 0.6 is 11.3 Å². The number of rotatable bonds is 5. The van der Waals surface area contributed by atoms with Crippen LogP contribution in [0.25, 0.3) is 10.6 Å². The summed E-state index contributed by atoms with van der Waals surface area (Å²) in [4.78, 5) is 20.4. The molecule has 0 spiro atoms. The van der Waals surface area contributed by atoms with E-state index in [9.17, 15) is 13.4 Å². The van der Waals surface area contributed by atoms with Gasteiger partial charge in [-0.15, -0.1) is 0 Å². The number of hydrogen-bond acceptors (Lipinski definition) is 5. The summed E-state index contributed by atoms with van der Waals surface area (Å²) < 4.78 is 29.0. The molecule has 2 aromatic rings. The van der Waals surface area contributed by atoms with Crippen LogP contribution in [0.5, 0.6) is 0 Å². The largest absolute Gasteiger partial charge is 0.389 e.